The molecule has 1 aromatic carbocycles. The molecule has 0 saturated heterocycles. The molecule has 0 unspecified atom stereocenters. The van der Waals surface area contributed by atoms with Crippen molar-refractivity contribution in [1.29, 1.82) is 5.26 Å². The van der Waals surface area contributed by atoms with E-state index in [2.05, 4.69) is 10.3 Å². The molecule has 2 aromatic rings. The number of benzene rings is 1. The third kappa shape index (κ3) is 2.87. The SMILES string of the molecule is Cc1ccc(Nc2ccc(C#N)cn2)cc1C(=O)O. The van der Waals surface area contributed by atoms with Gasteiger partial charge < -0.3 is 10.4 Å². The van der Waals surface area contributed by atoms with E-state index in [1.807, 2.05) is 6.07 Å². The van der Waals surface area contributed by atoms with Crippen molar-refractivity contribution in [3.63, 3.8) is 0 Å². The van der Waals surface area contributed by atoms with Gasteiger partial charge in [0.15, 0.2) is 0 Å². The Balaban J connectivity index is 2.25. The molecule has 94 valence electrons. The first-order chi connectivity index (χ1) is 9.10. The molecule has 2 rings (SSSR count). The monoisotopic (exact) mass is 253 g/mol. The van der Waals surface area contributed by atoms with Crippen LogP contribution in [0.1, 0.15) is 21.5 Å². The third-order valence-electron chi connectivity index (χ3n) is 2.63. The first-order valence-electron chi connectivity index (χ1n) is 5.57. The molecule has 0 aliphatic rings. The molecule has 1 heterocycles. The summed E-state index contributed by atoms with van der Waals surface area (Å²) < 4.78 is 0. The van der Waals surface area contributed by atoms with E-state index in [-0.39, 0.29) is 5.56 Å². The molecule has 0 aliphatic heterocycles. The van der Waals surface area contributed by atoms with Gasteiger partial charge in [-0.1, -0.05) is 6.07 Å². The van der Waals surface area contributed by atoms with E-state index in [0.29, 0.717) is 22.6 Å². The van der Waals surface area contributed by atoms with Crippen LogP contribution < -0.4 is 5.32 Å². The highest BCUT2D eigenvalue weighted by molar-refractivity contribution is 5.90. The van der Waals surface area contributed by atoms with Crippen molar-refractivity contribution < 1.29 is 9.90 Å². The van der Waals surface area contributed by atoms with Gasteiger partial charge in [-0.05, 0) is 36.8 Å². The summed E-state index contributed by atoms with van der Waals surface area (Å²) in [7, 11) is 0. The van der Waals surface area contributed by atoms with Gasteiger partial charge in [0, 0.05) is 11.9 Å². The van der Waals surface area contributed by atoms with Gasteiger partial charge in [0.25, 0.3) is 0 Å². The van der Waals surface area contributed by atoms with E-state index in [1.165, 1.54) is 6.20 Å². The second-order valence-electron chi connectivity index (χ2n) is 4.00. The molecule has 0 atom stereocenters. The van der Waals surface area contributed by atoms with Crippen LogP contribution in [0.25, 0.3) is 0 Å². The van der Waals surface area contributed by atoms with E-state index in [4.69, 9.17) is 10.4 Å². The van der Waals surface area contributed by atoms with Crippen LogP contribution in [-0.4, -0.2) is 16.1 Å². The minimum atomic E-state index is -0.964. The minimum absolute atomic E-state index is 0.249. The Labute approximate surface area is 110 Å². The summed E-state index contributed by atoms with van der Waals surface area (Å²) >= 11 is 0. The number of nitriles is 1. The number of pyridine rings is 1. The fourth-order valence-electron chi connectivity index (χ4n) is 1.61. The molecule has 2 N–H and O–H groups in total. The molecule has 0 radical (unpaired) electrons. The maximum atomic E-state index is 11.0. The Morgan fingerprint density at radius 2 is 2.16 bits per heavy atom. The maximum absolute atomic E-state index is 11.0. The van der Waals surface area contributed by atoms with Crippen molar-refractivity contribution in [3.8, 4) is 6.07 Å². The number of rotatable bonds is 3. The summed E-state index contributed by atoms with van der Waals surface area (Å²) in [4.78, 5) is 15.1. The van der Waals surface area contributed by atoms with Crippen LogP contribution in [-0.2, 0) is 0 Å². The van der Waals surface area contributed by atoms with Crippen LogP contribution in [0.5, 0.6) is 0 Å². The van der Waals surface area contributed by atoms with Gasteiger partial charge in [0.1, 0.15) is 11.9 Å². The number of carboxylic acids is 1. The number of aromatic carboxylic acids is 1. The first kappa shape index (κ1) is 12.6. The lowest BCUT2D eigenvalue weighted by atomic mass is 10.1. The zero-order chi connectivity index (χ0) is 13.8. The third-order valence-corrected chi connectivity index (χ3v) is 2.63. The predicted octanol–water partition coefficient (Wildman–Crippen LogP) is 2.70. The predicted molar refractivity (Wildman–Crippen MR) is 70.4 cm³/mol. The van der Waals surface area contributed by atoms with Gasteiger partial charge in [-0.2, -0.15) is 5.26 Å². The number of aryl methyl sites for hydroxylation is 1. The van der Waals surface area contributed by atoms with Crippen molar-refractivity contribution in [1.82, 2.24) is 4.98 Å². The Morgan fingerprint density at radius 3 is 2.74 bits per heavy atom. The van der Waals surface area contributed by atoms with Crippen LogP contribution in [0.3, 0.4) is 0 Å². The highest BCUT2D eigenvalue weighted by Gasteiger charge is 2.08. The molecule has 5 nitrogen and oxygen atoms in total. The fourth-order valence-corrected chi connectivity index (χ4v) is 1.61. The van der Waals surface area contributed by atoms with Crippen molar-refractivity contribution in [2.45, 2.75) is 6.92 Å². The molecule has 0 saturated carbocycles. The summed E-state index contributed by atoms with van der Waals surface area (Å²) in [5.41, 5.74) is 2.06. The molecule has 0 fully saturated rings. The molecular formula is C14H11N3O2. The summed E-state index contributed by atoms with van der Waals surface area (Å²) in [5, 5.41) is 20.7. The maximum Gasteiger partial charge on any atom is 0.336 e. The van der Waals surface area contributed by atoms with Crippen molar-refractivity contribution >= 4 is 17.5 Å². The number of anilines is 2. The second-order valence-corrected chi connectivity index (χ2v) is 4.00. The standard InChI is InChI=1S/C14H11N3O2/c1-9-2-4-11(6-12(9)14(18)19)17-13-5-3-10(7-15)8-16-13/h2-6,8H,1H3,(H,16,17)(H,18,19). The molecule has 1 aromatic heterocycles. The van der Waals surface area contributed by atoms with E-state index >= 15 is 0 Å². The molecule has 19 heavy (non-hydrogen) atoms. The molecule has 5 heteroatoms. The normalized spacial score (nSPS) is 9.68. The van der Waals surface area contributed by atoms with E-state index < -0.39 is 5.97 Å². The van der Waals surface area contributed by atoms with Gasteiger partial charge in [0.05, 0.1) is 11.1 Å². The van der Waals surface area contributed by atoms with Crippen LogP contribution in [0.2, 0.25) is 0 Å². The lowest BCUT2D eigenvalue weighted by Gasteiger charge is -2.08. The van der Waals surface area contributed by atoms with Crippen LogP contribution in [0.4, 0.5) is 11.5 Å². The number of nitrogens with zero attached hydrogens (tertiary/aromatic N) is 2. The van der Waals surface area contributed by atoms with Gasteiger partial charge in [-0.15, -0.1) is 0 Å². The second kappa shape index (κ2) is 5.19. The molecular weight excluding hydrogens is 242 g/mol. The Hall–Kier alpha value is -2.87. The fraction of sp³-hybridized carbons (Fsp3) is 0.0714. The summed E-state index contributed by atoms with van der Waals surface area (Å²) in [5.74, 6) is -0.409. The number of carboxylic acid groups (broad SMARTS) is 1. The average molecular weight is 253 g/mol. The van der Waals surface area contributed by atoms with Crippen molar-refractivity contribution in [3.05, 3.63) is 53.2 Å². The van der Waals surface area contributed by atoms with Crippen molar-refractivity contribution in [2.24, 2.45) is 0 Å². The number of hydrogen-bond donors (Lipinski definition) is 2. The van der Waals surface area contributed by atoms with E-state index in [0.717, 1.165) is 0 Å². The molecule has 0 aliphatic carbocycles. The smallest absolute Gasteiger partial charge is 0.336 e. The summed E-state index contributed by atoms with van der Waals surface area (Å²) in [6.07, 6.45) is 1.45. The lowest BCUT2D eigenvalue weighted by molar-refractivity contribution is 0.0696. The average Bonchev–Trinajstić information content (AvgIpc) is 2.41. The van der Waals surface area contributed by atoms with E-state index in [9.17, 15) is 4.79 Å². The van der Waals surface area contributed by atoms with E-state index in [1.54, 1.807) is 37.3 Å². The zero-order valence-corrected chi connectivity index (χ0v) is 10.2. The number of hydrogen-bond acceptors (Lipinski definition) is 4. The van der Waals surface area contributed by atoms with Crippen LogP contribution in [0.15, 0.2) is 36.5 Å². The highest BCUT2D eigenvalue weighted by atomic mass is 16.4. The first-order valence-corrected chi connectivity index (χ1v) is 5.57. The van der Waals surface area contributed by atoms with Crippen LogP contribution >= 0.6 is 0 Å². The lowest BCUT2D eigenvalue weighted by Crippen LogP contribution is -2.01. The summed E-state index contributed by atoms with van der Waals surface area (Å²) in [6, 6.07) is 10.4. The largest absolute Gasteiger partial charge is 0.478 e. The summed E-state index contributed by atoms with van der Waals surface area (Å²) in [6.45, 7) is 1.74. The quantitative estimate of drug-likeness (QED) is 0.878. The van der Waals surface area contributed by atoms with Crippen LogP contribution in [0, 0.1) is 18.3 Å². The molecule has 0 spiro atoms. The number of nitrogens with one attached hydrogen (secondary N) is 1. The molecule has 0 amide bonds. The zero-order valence-electron chi connectivity index (χ0n) is 10.2. The van der Waals surface area contributed by atoms with Crippen molar-refractivity contribution in [2.75, 3.05) is 5.32 Å². The van der Waals surface area contributed by atoms with Gasteiger partial charge in [-0.25, -0.2) is 9.78 Å². The topological polar surface area (TPSA) is 86.0 Å². The van der Waals surface area contributed by atoms with Gasteiger partial charge in [-0.3, -0.25) is 0 Å². The minimum Gasteiger partial charge on any atom is -0.478 e. The van der Waals surface area contributed by atoms with Gasteiger partial charge in [0.2, 0.25) is 0 Å². The number of aromatic nitrogens is 1. The Morgan fingerprint density at radius 1 is 1.37 bits per heavy atom. The number of carbonyl (C=O) groups is 1. The Kier molecular flexibility index (Phi) is 3.44. The van der Waals surface area contributed by atoms with Gasteiger partial charge >= 0.3 is 5.97 Å². The Bertz CT molecular complexity index is 657. The molecule has 0 bridgehead atoms. The highest BCUT2D eigenvalue weighted by Crippen LogP contribution is 2.19.